The molecular weight excluding hydrogens is 752 g/mol. The lowest BCUT2D eigenvalue weighted by Crippen LogP contribution is -2.64. The Kier molecular flexibility index (Phi) is 16.2. The quantitative estimate of drug-likeness (QED) is 0.0728. The van der Waals surface area contributed by atoms with E-state index in [9.17, 15) is 43.5 Å². The molecule has 2 heterocycles. The molecule has 0 saturated carbocycles. The van der Waals surface area contributed by atoms with Crippen LogP contribution in [-0.2, 0) is 55.9 Å². The van der Waals surface area contributed by atoms with Gasteiger partial charge in [0.1, 0.15) is 23.7 Å². The van der Waals surface area contributed by atoms with Crippen LogP contribution in [0.15, 0.2) is 67.0 Å². The SMILES string of the molecule is CN(CC(N)=O)C(=O)[C@H](Cc1cccnc1)NC(=O)[C@H](CCC(N)=O)NC(=O)[C@H](CCC(=O)O)NC(=O)C1(NC(=O)CCc2ccc3ccccc3c2)CCOCC1. The van der Waals surface area contributed by atoms with Gasteiger partial charge in [0.05, 0.1) is 6.54 Å². The monoisotopic (exact) mass is 802 g/mol. The fraction of sp³-hybridized carbons (Fsp3) is 0.425. The smallest absolute Gasteiger partial charge is 0.303 e. The van der Waals surface area contributed by atoms with Gasteiger partial charge in [-0.25, -0.2) is 0 Å². The van der Waals surface area contributed by atoms with Crippen molar-refractivity contribution in [3.8, 4) is 0 Å². The Morgan fingerprint density at radius 2 is 1.45 bits per heavy atom. The van der Waals surface area contributed by atoms with Crippen molar-refractivity contribution in [3.05, 3.63) is 78.1 Å². The number of rotatable bonds is 21. The second-order valence-corrected chi connectivity index (χ2v) is 14.2. The van der Waals surface area contributed by atoms with Gasteiger partial charge in [-0.1, -0.05) is 48.5 Å². The highest BCUT2D eigenvalue weighted by Crippen LogP contribution is 2.23. The molecule has 0 spiro atoms. The van der Waals surface area contributed by atoms with Gasteiger partial charge in [0.25, 0.3) is 0 Å². The number of primary amides is 2. The average Bonchev–Trinajstić information content (AvgIpc) is 3.19. The number of carboxylic acid groups (broad SMARTS) is 1. The maximum atomic E-state index is 14.1. The number of hydrogen-bond acceptors (Lipinski definition) is 10. The number of carbonyl (C=O) groups is 8. The lowest BCUT2D eigenvalue weighted by molar-refractivity contribution is -0.141. The summed E-state index contributed by atoms with van der Waals surface area (Å²) in [5, 5.41) is 22.1. The van der Waals surface area contributed by atoms with E-state index in [0.29, 0.717) is 12.0 Å². The highest BCUT2D eigenvalue weighted by Gasteiger charge is 2.43. The maximum absolute atomic E-state index is 14.1. The summed E-state index contributed by atoms with van der Waals surface area (Å²) in [6.45, 7) is -0.218. The molecule has 1 saturated heterocycles. The van der Waals surface area contributed by atoms with E-state index in [2.05, 4.69) is 26.3 Å². The Hall–Kier alpha value is -6.43. The topological polar surface area (TPSA) is 282 Å². The molecule has 18 heteroatoms. The number of pyridine rings is 1. The number of likely N-dealkylation sites (N-methyl/N-ethyl adjacent to an activating group) is 1. The van der Waals surface area contributed by atoms with Gasteiger partial charge >= 0.3 is 5.97 Å². The molecule has 0 unspecified atom stereocenters. The summed E-state index contributed by atoms with van der Waals surface area (Å²) in [5.74, 6) is -6.61. The molecule has 1 aliphatic rings. The number of nitrogens with one attached hydrogen (secondary N) is 4. The number of fused-ring (bicyclic) bond motifs is 1. The van der Waals surface area contributed by atoms with Gasteiger partial charge in [-0.15, -0.1) is 0 Å². The Bertz CT molecular complexity index is 1970. The van der Waals surface area contributed by atoms with Crippen LogP contribution in [0.4, 0.5) is 0 Å². The summed E-state index contributed by atoms with van der Waals surface area (Å²) in [6.07, 6.45) is 1.82. The van der Waals surface area contributed by atoms with Crippen molar-refractivity contribution in [2.45, 2.75) is 81.5 Å². The predicted molar refractivity (Wildman–Crippen MR) is 209 cm³/mol. The first-order valence-electron chi connectivity index (χ1n) is 18.9. The van der Waals surface area contributed by atoms with Crippen LogP contribution in [0, 0.1) is 0 Å². The van der Waals surface area contributed by atoms with Gasteiger partial charge in [-0.3, -0.25) is 43.3 Å². The first-order valence-corrected chi connectivity index (χ1v) is 18.9. The Morgan fingerprint density at radius 1 is 0.793 bits per heavy atom. The summed E-state index contributed by atoms with van der Waals surface area (Å²) in [6, 6.07) is 12.7. The Morgan fingerprint density at radius 3 is 2.09 bits per heavy atom. The summed E-state index contributed by atoms with van der Waals surface area (Å²) >= 11 is 0. The molecule has 7 amide bonds. The van der Waals surface area contributed by atoms with Crippen LogP contribution in [0.5, 0.6) is 0 Å². The van der Waals surface area contributed by atoms with E-state index in [4.69, 9.17) is 16.2 Å². The van der Waals surface area contributed by atoms with Crippen molar-refractivity contribution in [2.75, 3.05) is 26.8 Å². The van der Waals surface area contributed by atoms with Crippen LogP contribution in [0.25, 0.3) is 10.8 Å². The fourth-order valence-corrected chi connectivity index (χ4v) is 6.58. The minimum atomic E-state index is -1.52. The van der Waals surface area contributed by atoms with Crippen molar-refractivity contribution in [2.24, 2.45) is 11.5 Å². The lowest BCUT2D eigenvalue weighted by Gasteiger charge is -2.37. The molecule has 3 aromatic rings. The normalized spacial score (nSPS) is 14.8. The summed E-state index contributed by atoms with van der Waals surface area (Å²) < 4.78 is 5.48. The van der Waals surface area contributed by atoms with E-state index in [-0.39, 0.29) is 51.7 Å². The zero-order valence-electron chi connectivity index (χ0n) is 32.2. The van der Waals surface area contributed by atoms with Crippen molar-refractivity contribution < 1.29 is 48.2 Å². The van der Waals surface area contributed by atoms with Crippen LogP contribution in [0.3, 0.4) is 0 Å². The maximum Gasteiger partial charge on any atom is 0.303 e. The molecule has 2 aromatic carbocycles. The molecule has 0 radical (unpaired) electrons. The summed E-state index contributed by atoms with van der Waals surface area (Å²) in [4.78, 5) is 109. The first kappa shape index (κ1) is 44.3. The number of benzene rings is 2. The number of carboxylic acids is 1. The van der Waals surface area contributed by atoms with E-state index >= 15 is 0 Å². The Balaban J connectivity index is 1.51. The first-order chi connectivity index (χ1) is 27.7. The number of aromatic nitrogens is 1. The molecular formula is C40H50N8O10. The molecule has 1 fully saturated rings. The number of carbonyl (C=O) groups excluding carboxylic acids is 7. The van der Waals surface area contributed by atoms with E-state index in [1.807, 2.05) is 42.5 Å². The molecule has 1 aromatic heterocycles. The molecule has 1 aliphatic heterocycles. The largest absolute Gasteiger partial charge is 0.481 e. The number of nitrogens with zero attached hydrogens (tertiary/aromatic N) is 2. The molecule has 3 atom stereocenters. The van der Waals surface area contributed by atoms with Crippen molar-refractivity contribution in [1.82, 2.24) is 31.2 Å². The van der Waals surface area contributed by atoms with Crippen LogP contribution < -0.4 is 32.7 Å². The number of amides is 7. The summed E-state index contributed by atoms with van der Waals surface area (Å²) in [5.41, 5.74) is 10.6. The van der Waals surface area contributed by atoms with Crippen LogP contribution >= 0.6 is 0 Å². The minimum Gasteiger partial charge on any atom is -0.481 e. The van der Waals surface area contributed by atoms with Crippen molar-refractivity contribution in [3.63, 3.8) is 0 Å². The number of nitrogens with two attached hydrogens (primary N) is 2. The Labute approximate surface area is 334 Å². The molecule has 18 nitrogen and oxygen atoms in total. The highest BCUT2D eigenvalue weighted by molar-refractivity contribution is 5.97. The van der Waals surface area contributed by atoms with E-state index in [1.54, 1.807) is 12.1 Å². The standard InChI is InChI=1S/C40H50N8O10/c1-48(24-33(42)50)38(56)31(22-26-5-4-18-43-23-26)45-36(54)29(11-13-32(41)49)44-37(55)30(12-15-35(52)53)46-39(57)40(16-19-58-20-17-40)47-34(51)14-9-25-8-10-27-6-2-3-7-28(27)21-25/h2-8,10,18,21,23,29-31H,9,11-17,19-20,22,24H2,1H3,(H2,41,49)(H2,42,50)(H,44,55)(H,45,54)(H,46,57)(H,47,51)(H,52,53)/t29-,30-,31-/m0/s1. The van der Waals surface area contributed by atoms with E-state index in [1.165, 1.54) is 19.4 Å². The zero-order chi connectivity index (χ0) is 42.2. The average molecular weight is 803 g/mol. The van der Waals surface area contributed by atoms with Gasteiger partial charge < -0.3 is 47.5 Å². The van der Waals surface area contributed by atoms with Crippen molar-refractivity contribution >= 4 is 58.1 Å². The van der Waals surface area contributed by atoms with E-state index in [0.717, 1.165) is 21.2 Å². The number of aryl methyl sites for hydroxylation is 1. The highest BCUT2D eigenvalue weighted by atomic mass is 16.5. The van der Waals surface area contributed by atoms with Gasteiger partial charge in [0.15, 0.2) is 0 Å². The van der Waals surface area contributed by atoms with Crippen LogP contribution in [0.2, 0.25) is 0 Å². The number of aliphatic carboxylic acids is 1. The minimum absolute atomic E-state index is 0.0520. The third-order valence-corrected chi connectivity index (χ3v) is 9.74. The predicted octanol–water partition coefficient (Wildman–Crippen LogP) is -0.396. The zero-order valence-corrected chi connectivity index (χ0v) is 32.2. The molecule has 58 heavy (non-hydrogen) atoms. The number of hydrogen-bond donors (Lipinski definition) is 7. The van der Waals surface area contributed by atoms with Crippen molar-refractivity contribution in [1.29, 1.82) is 0 Å². The van der Waals surface area contributed by atoms with Crippen LogP contribution in [-0.4, -0.2) is 113 Å². The molecule has 9 N–H and O–H groups in total. The summed E-state index contributed by atoms with van der Waals surface area (Å²) in [7, 11) is 1.32. The third-order valence-electron chi connectivity index (χ3n) is 9.74. The molecule has 0 bridgehead atoms. The van der Waals surface area contributed by atoms with Crippen LogP contribution in [0.1, 0.15) is 56.1 Å². The second-order valence-electron chi connectivity index (χ2n) is 14.2. The lowest BCUT2D eigenvalue weighted by atomic mass is 9.88. The van der Waals surface area contributed by atoms with Gasteiger partial charge in [-0.05, 0) is 47.2 Å². The molecule has 310 valence electrons. The number of ether oxygens (including phenoxy) is 1. The fourth-order valence-electron chi connectivity index (χ4n) is 6.58. The third kappa shape index (κ3) is 13.4. The molecule has 0 aliphatic carbocycles. The second kappa shape index (κ2) is 21.2. The molecule has 4 rings (SSSR count). The van der Waals surface area contributed by atoms with Gasteiger partial charge in [0.2, 0.25) is 41.4 Å². The van der Waals surface area contributed by atoms with Gasteiger partial charge in [-0.2, -0.15) is 0 Å². The van der Waals surface area contributed by atoms with E-state index < -0.39 is 90.4 Å². The van der Waals surface area contributed by atoms with Gasteiger partial charge in [0, 0.05) is 71.2 Å².